The van der Waals surface area contributed by atoms with Crippen molar-refractivity contribution >= 4 is 16.7 Å². The second-order valence-electron chi connectivity index (χ2n) is 3.68. The molecule has 0 unspecified atom stereocenters. The Labute approximate surface area is 98.2 Å². The lowest BCUT2D eigenvalue weighted by molar-refractivity contribution is 1.26. The lowest BCUT2D eigenvalue weighted by atomic mass is 10.2. The zero-order valence-electron chi connectivity index (χ0n) is 9.04. The van der Waals surface area contributed by atoms with Gasteiger partial charge in [0.25, 0.3) is 0 Å². The summed E-state index contributed by atoms with van der Waals surface area (Å²) in [5, 5.41) is 0.868. The molecule has 3 rings (SSSR count). The topological polar surface area (TPSA) is 64.7 Å². The van der Waals surface area contributed by atoms with E-state index < -0.39 is 0 Å². The third-order valence-corrected chi connectivity index (χ3v) is 2.56. The zero-order valence-corrected chi connectivity index (χ0v) is 9.04. The molecule has 17 heavy (non-hydrogen) atoms. The highest BCUT2D eigenvalue weighted by atomic mass is 14.9. The van der Waals surface area contributed by atoms with Crippen LogP contribution in [0.1, 0.15) is 0 Å². The van der Waals surface area contributed by atoms with Crippen molar-refractivity contribution in [2.24, 2.45) is 0 Å². The molecule has 3 aromatic heterocycles. The number of aromatic nitrogens is 3. The number of hydrogen-bond acceptors (Lipinski definition) is 4. The molecule has 3 aromatic rings. The summed E-state index contributed by atoms with van der Waals surface area (Å²) in [4.78, 5) is 12.9. The SMILES string of the molecule is Nc1nc(-c2ccccn2)cc2ncccc12. The summed E-state index contributed by atoms with van der Waals surface area (Å²) in [7, 11) is 0. The van der Waals surface area contributed by atoms with Crippen LogP contribution in [0.2, 0.25) is 0 Å². The molecule has 4 nitrogen and oxygen atoms in total. The van der Waals surface area contributed by atoms with Crippen molar-refractivity contribution < 1.29 is 0 Å². The molecule has 0 aliphatic rings. The minimum atomic E-state index is 0.483. The lowest BCUT2D eigenvalue weighted by Crippen LogP contribution is -1.96. The van der Waals surface area contributed by atoms with Crippen LogP contribution in [-0.2, 0) is 0 Å². The Morgan fingerprint density at radius 1 is 0.882 bits per heavy atom. The zero-order chi connectivity index (χ0) is 11.7. The van der Waals surface area contributed by atoms with Gasteiger partial charge in [-0.3, -0.25) is 9.97 Å². The number of nitrogens with two attached hydrogens (primary N) is 1. The Morgan fingerprint density at radius 2 is 1.76 bits per heavy atom. The van der Waals surface area contributed by atoms with Gasteiger partial charge in [0.05, 0.1) is 16.9 Å². The van der Waals surface area contributed by atoms with Gasteiger partial charge >= 0.3 is 0 Å². The quantitative estimate of drug-likeness (QED) is 0.686. The van der Waals surface area contributed by atoms with Crippen LogP contribution >= 0.6 is 0 Å². The van der Waals surface area contributed by atoms with Crippen LogP contribution in [0.5, 0.6) is 0 Å². The van der Waals surface area contributed by atoms with Crippen molar-refractivity contribution in [1.29, 1.82) is 0 Å². The molecular formula is C13H10N4. The van der Waals surface area contributed by atoms with E-state index in [4.69, 9.17) is 5.73 Å². The van der Waals surface area contributed by atoms with E-state index in [-0.39, 0.29) is 0 Å². The largest absolute Gasteiger partial charge is 0.383 e. The number of hydrogen-bond donors (Lipinski definition) is 1. The molecule has 2 N–H and O–H groups in total. The molecule has 0 aromatic carbocycles. The maximum Gasteiger partial charge on any atom is 0.133 e. The fraction of sp³-hybridized carbons (Fsp3) is 0. The Bertz CT molecular complexity index is 665. The maximum atomic E-state index is 5.92. The number of anilines is 1. The Kier molecular flexibility index (Phi) is 2.19. The fourth-order valence-electron chi connectivity index (χ4n) is 1.75. The average Bonchev–Trinajstić information content (AvgIpc) is 2.40. The first-order chi connectivity index (χ1) is 8.34. The van der Waals surface area contributed by atoms with E-state index in [1.807, 2.05) is 36.4 Å². The summed E-state index contributed by atoms with van der Waals surface area (Å²) in [6, 6.07) is 11.3. The van der Waals surface area contributed by atoms with E-state index in [9.17, 15) is 0 Å². The molecule has 82 valence electrons. The van der Waals surface area contributed by atoms with E-state index in [0.29, 0.717) is 5.82 Å². The van der Waals surface area contributed by atoms with Gasteiger partial charge in [-0.15, -0.1) is 0 Å². The first kappa shape index (κ1) is 9.72. The summed E-state index contributed by atoms with van der Waals surface area (Å²) in [5.41, 5.74) is 8.29. The fourth-order valence-corrected chi connectivity index (χ4v) is 1.75. The second kappa shape index (κ2) is 3.83. The Balaban J connectivity index is 2.26. The normalized spacial score (nSPS) is 10.6. The van der Waals surface area contributed by atoms with Crippen LogP contribution in [0.15, 0.2) is 48.8 Å². The van der Waals surface area contributed by atoms with E-state index >= 15 is 0 Å². The summed E-state index contributed by atoms with van der Waals surface area (Å²) in [5.74, 6) is 0.483. The van der Waals surface area contributed by atoms with Crippen LogP contribution in [0.25, 0.3) is 22.3 Å². The molecule has 3 heterocycles. The molecule has 4 heteroatoms. The van der Waals surface area contributed by atoms with Crippen LogP contribution in [0, 0.1) is 0 Å². The van der Waals surface area contributed by atoms with Gasteiger partial charge in [-0.2, -0.15) is 0 Å². The highest BCUT2D eigenvalue weighted by Gasteiger charge is 2.06. The third-order valence-electron chi connectivity index (χ3n) is 2.56. The molecule has 0 aliphatic carbocycles. The van der Waals surface area contributed by atoms with Crippen molar-refractivity contribution in [2.45, 2.75) is 0 Å². The number of rotatable bonds is 1. The molecule has 0 spiro atoms. The molecule has 0 saturated carbocycles. The Hall–Kier alpha value is -2.49. The minimum Gasteiger partial charge on any atom is -0.383 e. The predicted octanol–water partition coefficient (Wildman–Crippen LogP) is 2.27. The van der Waals surface area contributed by atoms with Gasteiger partial charge < -0.3 is 5.73 Å². The van der Waals surface area contributed by atoms with Crippen molar-refractivity contribution in [3.63, 3.8) is 0 Å². The summed E-state index contributed by atoms with van der Waals surface area (Å²) < 4.78 is 0. The first-order valence-corrected chi connectivity index (χ1v) is 5.27. The van der Waals surface area contributed by atoms with Crippen molar-refractivity contribution in [3.8, 4) is 11.4 Å². The molecule has 0 amide bonds. The first-order valence-electron chi connectivity index (χ1n) is 5.27. The molecule has 0 radical (unpaired) electrons. The molecule has 0 atom stereocenters. The van der Waals surface area contributed by atoms with Crippen molar-refractivity contribution in [1.82, 2.24) is 15.0 Å². The van der Waals surface area contributed by atoms with Crippen LogP contribution in [0.3, 0.4) is 0 Å². The van der Waals surface area contributed by atoms with Gasteiger partial charge in [0.1, 0.15) is 5.82 Å². The summed E-state index contributed by atoms with van der Waals surface area (Å²) >= 11 is 0. The van der Waals surface area contributed by atoms with Gasteiger partial charge in [0.2, 0.25) is 0 Å². The van der Waals surface area contributed by atoms with Gasteiger partial charge in [-0.25, -0.2) is 4.98 Å². The van der Waals surface area contributed by atoms with E-state index in [0.717, 1.165) is 22.3 Å². The van der Waals surface area contributed by atoms with Gasteiger partial charge in [0, 0.05) is 17.8 Å². The summed E-state index contributed by atoms with van der Waals surface area (Å²) in [6.07, 6.45) is 3.47. The third kappa shape index (κ3) is 1.69. The van der Waals surface area contributed by atoms with Crippen LogP contribution < -0.4 is 5.73 Å². The van der Waals surface area contributed by atoms with Crippen LogP contribution in [0.4, 0.5) is 5.82 Å². The van der Waals surface area contributed by atoms with E-state index in [1.165, 1.54) is 0 Å². The predicted molar refractivity (Wildman–Crippen MR) is 67.2 cm³/mol. The van der Waals surface area contributed by atoms with Gasteiger partial charge in [-0.05, 0) is 30.3 Å². The van der Waals surface area contributed by atoms with E-state index in [2.05, 4.69) is 15.0 Å². The minimum absolute atomic E-state index is 0.483. The summed E-state index contributed by atoms with van der Waals surface area (Å²) in [6.45, 7) is 0. The highest BCUT2D eigenvalue weighted by Crippen LogP contribution is 2.23. The number of pyridine rings is 3. The van der Waals surface area contributed by atoms with Crippen LogP contribution in [-0.4, -0.2) is 15.0 Å². The molecule has 0 saturated heterocycles. The standard InChI is InChI=1S/C13H10N4/c14-13-9-4-3-7-16-11(9)8-12(17-13)10-5-1-2-6-15-10/h1-8H,(H2,14,17). The molecule has 0 bridgehead atoms. The molecule has 0 aliphatic heterocycles. The molecule has 0 fully saturated rings. The second-order valence-corrected chi connectivity index (χ2v) is 3.68. The van der Waals surface area contributed by atoms with Crippen molar-refractivity contribution in [2.75, 3.05) is 5.73 Å². The number of nitrogen functional groups attached to an aromatic ring is 1. The van der Waals surface area contributed by atoms with Gasteiger partial charge in [0.15, 0.2) is 0 Å². The smallest absolute Gasteiger partial charge is 0.133 e. The number of fused-ring (bicyclic) bond motifs is 1. The van der Waals surface area contributed by atoms with Gasteiger partial charge in [-0.1, -0.05) is 6.07 Å². The monoisotopic (exact) mass is 222 g/mol. The highest BCUT2D eigenvalue weighted by molar-refractivity contribution is 5.90. The lowest BCUT2D eigenvalue weighted by Gasteiger charge is -2.04. The van der Waals surface area contributed by atoms with E-state index in [1.54, 1.807) is 12.4 Å². The average molecular weight is 222 g/mol. The maximum absolute atomic E-state index is 5.92. The number of nitrogens with zero attached hydrogens (tertiary/aromatic N) is 3. The Morgan fingerprint density at radius 3 is 2.59 bits per heavy atom. The molecular weight excluding hydrogens is 212 g/mol. The van der Waals surface area contributed by atoms with Crippen molar-refractivity contribution in [3.05, 3.63) is 48.8 Å².